The Bertz CT molecular complexity index is 830. The van der Waals surface area contributed by atoms with Crippen molar-refractivity contribution in [3.63, 3.8) is 0 Å². The highest BCUT2D eigenvalue weighted by Gasteiger charge is 2.34. The van der Waals surface area contributed by atoms with Gasteiger partial charge in [0, 0.05) is 38.2 Å². The van der Waals surface area contributed by atoms with Crippen LogP contribution in [-0.4, -0.2) is 56.7 Å². The molecule has 0 saturated carbocycles. The van der Waals surface area contributed by atoms with E-state index in [-0.39, 0.29) is 11.6 Å². The van der Waals surface area contributed by atoms with E-state index in [0.29, 0.717) is 25.6 Å². The van der Waals surface area contributed by atoms with E-state index < -0.39 is 10.0 Å². The summed E-state index contributed by atoms with van der Waals surface area (Å²) >= 11 is 0. The molecule has 1 saturated heterocycles. The van der Waals surface area contributed by atoms with Gasteiger partial charge in [-0.2, -0.15) is 0 Å². The molecule has 1 unspecified atom stereocenters. The zero-order chi connectivity index (χ0) is 21.1. The second-order valence-corrected chi connectivity index (χ2v) is 10.6. The second-order valence-electron chi connectivity index (χ2n) is 8.63. The zero-order valence-electron chi connectivity index (χ0n) is 17.9. The molecule has 2 aliphatic heterocycles. The minimum absolute atomic E-state index is 0.125. The summed E-state index contributed by atoms with van der Waals surface area (Å²) in [6, 6.07) is 8.28. The van der Waals surface area contributed by atoms with Crippen molar-refractivity contribution in [2.45, 2.75) is 51.7 Å². The van der Waals surface area contributed by atoms with Gasteiger partial charge in [0.25, 0.3) is 0 Å². The van der Waals surface area contributed by atoms with Crippen LogP contribution in [0.5, 0.6) is 5.75 Å². The number of nitrogens with one attached hydrogen (secondary N) is 2. The third-order valence-corrected chi connectivity index (χ3v) is 6.88. The summed E-state index contributed by atoms with van der Waals surface area (Å²) in [7, 11) is -3.09. The molecule has 1 aromatic carbocycles. The van der Waals surface area contributed by atoms with E-state index in [9.17, 15) is 8.42 Å². The van der Waals surface area contributed by atoms with Crippen molar-refractivity contribution in [3.05, 3.63) is 29.8 Å². The van der Waals surface area contributed by atoms with Crippen molar-refractivity contribution in [2.75, 3.05) is 32.4 Å². The van der Waals surface area contributed by atoms with Crippen molar-refractivity contribution < 1.29 is 13.2 Å². The number of ether oxygens (including phenoxy) is 1. The van der Waals surface area contributed by atoms with Crippen molar-refractivity contribution in [1.29, 1.82) is 0 Å². The molecule has 0 radical (unpaired) electrons. The molecule has 3 rings (SSSR count). The van der Waals surface area contributed by atoms with Crippen LogP contribution in [0, 0.1) is 5.92 Å². The highest BCUT2D eigenvalue weighted by molar-refractivity contribution is 7.88. The van der Waals surface area contributed by atoms with Crippen LogP contribution in [0.25, 0.3) is 0 Å². The Hall–Kier alpha value is -1.80. The van der Waals surface area contributed by atoms with Crippen molar-refractivity contribution in [2.24, 2.45) is 10.9 Å². The molecule has 0 spiro atoms. The third kappa shape index (κ3) is 5.85. The molecule has 7 nitrogen and oxygen atoms in total. The molecule has 29 heavy (non-hydrogen) atoms. The standard InChI is InChI=1S/C21H34N4O3S/c1-5-22-20(23-15-16-10-12-25(13-11-16)29(4,26)27)24-18-14-21(2,3)28-19-9-7-6-8-17(18)19/h6-9,16,18H,5,10-15H2,1-4H3,(H2,22,23,24). The summed E-state index contributed by atoms with van der Waals surface area (Å²) in [5.41, 5.74) is 0.904. The van der Waals surface area contributed by atoms with Gasteiger partial charge in [0.05, 0.1) is 12.3 Å². The van der Waals surface area contributed by atoms with Gasteiger partial charge in [-0.3, -0.25) is 4.99 Å². The van der Waals surface area contributed by atoms with Crippen LogP contribution in [0.4, 0.5) is 0 Å². The first-order valence-electron chi connectivity index (χ1n) is 10.5. The number of sulfonamides is 1. The molecular formula is C21H34N4O3S. The number of aliphatic imine (C=N–C) groups is 1. The Morgan fingerprint density at radius 2 is 1.97 bits per heavy atom. The Balaban J connectivity index is 1.66. The maximum absolute atomic E-state index is 11.7. The van der Waals surface area contributed by atoms with E-state index in [1.165, 1.54) is 6.26 Å². The fourth-order valence-corrected chi connectivity index (χ4v) is 4.93. The predicted octanol–water partition coefficient (Wildman–Crippen LogP) is 2.52. The summed E-state index contributed by atoms with van der Waals surface area (Å²) in [6.07, 6.45) is 3.83. The van der Waals surface area contributed by atoms with Gasteiger partial charge in [-0.05, 0) is 45.6 Å². The van der Waals surface area contributed by atoms with Gasteiger partial charge in [0.15, 0.2) is 5.96 Å². The number of hydrogen-bond acceptors (Lipinski definition) is 4. The fourth-order valence-electron chi connectivity index (χ4n) is 4.06. The number of guanidine groups is 1. The number of fused-ring (bicyclic) bond motifs is 1. The Kier molecular flexibility index (Phi) is 6.73. The van der Waals surface area contributed by atoms with Crippen molar-refractivity contribution in [3.8, 4) is 5.75 Å². The van der Waals surface area contributed by atoms with Gasteiger partial charge < -0.3 is 15.4 Å². The van der Waals surface area contributed by atoms with Crippen LogP contribution in [0.1, 0.15) is 51.6 Å². The topological polar surface area (TPSA) is 83.0 Å². The number of benzene rings is 1. The molecule has 0 amide bonds. The lowest BCUT2D eigenvalue weighted by Gasteiger charge is -2.38. The summed E-state index contributed by atoms with van der Waals surface area (Å²) in [5, 5.41) is 6.95. The number of piperidine rings is 1. The van der Waals surface area contributed by atoms with E-state index in [1.807, 2.05) is 18.2 Å². The van der Waals surface area contributed by atoms with Gasteiger partial charge in [-0.1, -0.05) is 18.2 Å². The Labute approximate surface area is 175 Å². The molecule has 2 aliphatic rings. The highest BCUT2D eigenvalue weighted by atomic mass is 32.2. The summed E-state index contributed by atoms with van der Waals surface area (Å²) in [4.78, 5) is 4.82. The maximum atomic E-state index is 11.7. The minimum Gasteiger partial charge on any atom is -0.487 e. The van der Waals surface area contributed by atoms with Crippen LogP contribution in [0.15, 0.2) is 29.3 Å². The van der Waals surface area contributed by atoms with Crippen LogP contribution < -0.4 is 15.4 Å². The normalized spacial score (nSPS) is 23.2. The lowest BCUT2D eigenvalue weighted by atomic mass is 9.90. The largest absolute Gasteiger partial charge is 0.487 e. The Morgan fingerprint density at radius 3 is 2.62 bits per heavy atom. The van der Waals surface area contributed by atoms with E-state index in [1.54, 1.807) is 4.31 Å². The van der Waals surface area contributed by atoms with Crippen molar-refractivity contribution >= 4 is 16.0 Å². The van der Waals surface area contributed by atoms with Crippen LogP contribution in [0.3, 0.4) is 0 Å². The summed E-state index contributed by atoms with van der Waals surface area (Å²) in [5.74, 6) is 2.13. The molecule has 2 heterocycles. The molecule has 2 N–H and O–H groups in total. The number of rotatable bonds is 5. The first-order valence-corrected chi connectivity index (χ1v) is 12.3. The Morgan fingerprint density at radius 1 is 1.28 bits per heavy atom. The lowest BCUT2D eigenvalue weighted by molar-refractivity contribution is 0.0694. The van der Waals surface area contributed by atoms with Gasteiger partial charge >= 0.3 is 0 Å². The average molecular weight is 423 g/mol. The van der Waals surface area contributed by atoms with E-state index in [4.69, 9.17) is 9.73 Å². The van der Waals surface area contributed by atoms with Crippen LogP contribution in [-0.2, 0) is 10.0 Å². The number of para-hydroxylation sites is 1. The molecule has 1 atom stereocenters. The third-order valence-electron chi connectivity index (χ3n) is 5.58. The fraction of sp³-hybridized carbons (Fsp3) is 0.667. The molecule has 0 aliphatic carbocycles. The van der Waals surface area contributed by atoms with Gasteiger partial charge in [-0.15, -0.1) is 0 Å². The first kappa shape index (κ1) is 21.9. The number of nitrogens with zero attached hydrogens (tertiary/aromatic N) is 2. The number of hydrogen-bond donors (Lipinski definition) is 2. The van der Waals surface area contributed by atoms with Crippen LogP contribution >= 0.6 is 0 Å². The van der Waals surface area contributed by atoms with E-state index >= 15 is 0 Å². The molecule has 0 bridgehead atoms. The maximum Gasteiger partial charge on any atom is 0.211 e. The lowest BCUT2D eigenvalue weighted by Crippen LogP contribution is -2.45. The highest BCUT2D eigenvalue weighted by Crippen LogP contribution is 2.39. The van der Waals surface area contributed by atoms with Gasteiger partial charge in [0.2, 0.25) is 10.0 Å². The second kappa shape index (κ2) is 8.92. The van der Waals surface area contributed by atoms with Gasteiger partial charge in [-0.25, -0.2) is 12.7 Å². The monoisotopic (exact) mass is 422 g/mol. The quantitative estimate of drug-likeness (QED) is 0.563. The SMILES string of the molecule is CCNC(=NCC1CCN(S(C)(=O)=O)CC1)NC1CC(C)(C)Oc2ccccc21. The predicted molar refractivity (Wildman–Crippen MR) is 117 cm³/mol. The molecule has 0 aromatic heterocycles. The molecule has 1 fully saturated rings. The molecule has 162 valence electrons. The smallest absolute Gasteiger partial charge is 0.211 e. The van der Waals surface area contributed by atoms with Crippen molar-refractivity contribution in [1.82, 2.24) is 14.9 Å². The summed E-state index contributed by atoms with van der Waals surface area (Å²) < 4.78 is 31.1. The van der Waals surface area contributed by atoms with E-state index in [2.05, 4.69) is 37.5 Å². The average Bonchev–Trinajstić information content (AvgIpc) is 2.65. The molecular weight excluding hydrogens is 388 g/mol. The summed E-state index contributed by atoms with van der Waals surface area (Å²) in [6.45, 7) is 8.93. The molecule has 1 aromatic rings. The minimum atomic E-state index is -3.09. The first-order chi connectivity index (χ1) is 13.7. The van der Waals surface area contributed by atoms with Crippen LogP contribution in [0.2, 0.25) is 0 Å². The zero-order valence-corrected chi connectivity index (χ0v) is 18.8. The molecule has 8 heteroatoms. The van der Waals surface area contributed by atoms with E-state index in [0.717, 1.165) is 43.1 Å². The van der Waals surface area contributed by atoms with Gasteiger partial charge in [0.1, 0.15) is 11.4 Å².